The van der Waals surface area contributed by atoms with E-state index in [9.17, 15) is 9.18 Å². The molecule has 0 atom stereocenters. The standard InChI is InChI=1S/C9H8ClFO/c1-5-3-8(10)9(11)4-7(5)6(2)12/h3-4H,1-2H3. The first kappa shape index (κ1) is 9.20. The van der Waals surface area contributed by atoms with Gasteiger partial charge in [-0.15, -0.1) is 0 Å². The summed E-state index contributed by atoms with van der Waals surface area (Å²) in [7, 11) is 0. The number of carbonyl (C=O) groups excluding carboxylic acids is 1. The van der Waals surface area contributed by atoms with Gasteiger partial charge in [-0.1, -0.05) is 11.6 Å². The largest absolute Gasteiger partial charge is 0.294 e. The van der Waals surface area contributed by atoms with Crippen LogP contribution in [-0.4, -0.2) is 5.78 Å². The number of ketones is 1. The molecule has 0 saturated heterocycles. The highest BCUT2D eigenvalue weighted by Crippen LogP contribution is 2.19. The zero-order valence-electron chi connectivity index (χ0n) is 6.82. The highest BCUT2D eigenvalue weighted by atomic mass is 35.5. The molecule has 1 nitrogen and oxygen atoms in total. The van der Waals surface area contributed by atoms with Crippen LogP contribution in [0.2, 0.25) is 5.02 Å². The second-order valence-corrected chi connectivity index (χ2v) is 3.04. The van der Waals surface area contributed by atoms with Crippen molar-refractivity contribution in [2.45, 2.75) is 13.8 Å². The van der Waals surface area contributed by atoms with Crippen LogP contribution in [0.3, 0.4) is 0 Å². The molecule has 0 spiro atoms. The van der Waals surface area contributed by atoms with Gasteiger partial charge in [-0.05, 0) is 31.5 Å². The molecule has 0 unspecified atom stereocenters. The summed E-state index contributed by atoms with van der Waals surface area (Å²) in [5.74, 6) is -0.699. The number of hydrogen-bond donors (Lipinski definition) is 0. The molecule has 0 bridgehead atoms. The van der Waals surface area contributed by atoms with Crippen molar-refractivity contribution in [3.63, 3.8) is 0 Å². The second-order valence-electron chi connectivity index (χ2n) is 2.64. The lowest BCUT2D eigenvalue weighted by Crippen LogP contribution is -1.97. The molecule has 0 fully saturated rings. The number of benzene rings is 1. The fraction of sp³-hybridized carbons (Fsp3) is 0.222. The molecular formula is C9H8ClFO. The highest BCUT2D eigenvalue weighted by Gasteiger charge is 2.08. The van der Waals surface area contributed by atoms with Crippen molar-refractivity contribution in [3.8, 4) is 0 Å². The fourth-order valence-electron chi connectivity index (χ4n) is 1.03. The van der Waals surface area contributed by atoms with Crippen molar-refractivity contribution in [3.05, 3.63) is 34.1 Å². The fourth-order valence-corrected chi connectivity index (χ4v) is 1.24. The molecule has 1 aromatic carbocycles. The predicted octanol–water partition coefficient (Wildman–Crippen LogP) is 2.99. The molecule has 1 aromatic rings. The first-order valence-electron chi connectivity index (χ1n) is 3.49. The van der Waals surface area contributed by atoms with E-state index < -0.39 is 5.82 Å². The average molecular weight is 187 g/mol. The molecule has 12 heavy (non-hydrogen) atoms. The van der Waals surface area contributed by atoms with E-state index in [-0.39, 0.29) is 10.8 Å². The molecule has 0 N–H and O–H groups in total. The number of rotatable bonds is 1. The van der Waals surface area contributed by atoms with E-state index in [1.54, 1.807) is 6.92 Å². The van der Waals surface area contributed by atoms with Gasteiger partial charge in [0.1, 0.15) is 5.82 Å². The summed E-state index contributed by atoms with van der Waals surface area (Å²) in [5, 5.41) is 0.0532. The van der Waals surface area contributed by atoms with Crippen LogP contribution in [-0.2, 0) is 0 Å². The summed E-state index contributed by atoms with van der Waals surface area (Å²) < 4.78 is 12.8. The Balaban J connectivity index is 3.33. The van der Waals surface area contributed by atoms with Gasteiger partial charge in [0.15, 0.2) is 5.78 Å². The second kappa shape index (κ2) is 3.23. The lowest BCUT2D eigenvalue weighted by atomic mass is 10.1. The van der Waals surface area contributed by atoms with Crippen molar-refractivity contribution in [2.75, 3.05) is 0 Å². The third-order valence-corrected chi connectivity index (χ3v) is 1.94. The Morgan fingerprint density at radius 1 is 1.50 bits per heavy atom. The molecule has 1 rings (SSSR count). The van der Waals surface area contributed by atoms with E-state index >= 15 is 0 Å². The Morgan fingerprint density at radius 2 is 2.08 bits per heavy atom. The molecule has 0 amide bonds. The molecule has 0 aliphatic rings. The minimum Gasteiger partial charge on any atom is -0.294 e. The molecule has 64 valence electrons. The van der Waals surface area contributed by atoms with Crippen LogP contribution in [0.15, 0.2) is 12.1 Å². The van der Waals surface area contributed by atoms with Crippen molar-refractivity contribution in [1.29, 1.82) is 0 Å². The monoisotopic (exact) mass is 186 g/mol. The van der Waals surface area contributed by atoms with Crippen LogP contribution in [0.5, 0.6) is 0 Å². The van der Waals surface area contributed by atoms with Gasteiger partial charge < -0.3 is 0 Å². The van der Waals surface area contributed by atoms with Gasteiger partial charge in [-0.3, -0.25) is 4.79 Å². The zero-order chi connectivity index (χ0) is 9.30. The minimum absolute atomic E-state index is 0.0532. The first-order chi connectivity index (χ1) is 5.52. The van der Waals surface area contributed by atoms with E-state index in [1.807, 2.05) is 0 Å². The predicted molar refractivity (Wildman–Crippen MR) is 46.2 cm³/mol. The van der Waals surface area contributed by atoms with E-state index in [2.05, 4.69) is 0 Å². The van der Waals surface area contributed by atoms with E-state index in [1.165, 1.54) is 19.1 Å². The van der Waals surface area contributed by atoms with Gasteiger partial charge in [0.25, 0.3) is 0 Å². The molecule has 0 saturated carbocycles. The average Bonchev–Trinajstić information content (AvgIpc) is 1.96. The van der Waals surface area contributed by atoms with Crippen LogP contribution in [0.25, 0.3) is 0 Å². The molecule has 0 aliphatic carbocycles. The topological polar surface area (TPSA) is 17.1 Å². The summed E-state index contributed by atoms with van der Waals surface area (Å²) in [5.41, 5.74) is 1.09. The van der Waals surface area contributed by atoms with Crippen LogP contribution in [0.1, 0.15) is 22.8 Å². The van der Waals surface area contributed by atoms with Crippen molar-refractivity contribution >= 4 is 17.4 Å². The number of aryl methyl sites for hydroxylation is 1. The molecule has 0 aromatic heterocycles. The highest BCUT2D eigenvalue weighted by molar-refractivity contribution is 6.30. The summed E-state index contributed by atoms with van der Waals surface area (Å²) in [6, 6.07) is 2.62. The molecule has 3 heteroatoms. The first-order valence-corrected chi connectivity index (χ1v) is 3.86. The van der Waals surface area contributed by atoms with Gasteiger partial charge in [0, 0.05) is 5.56 Å². The van der Waals surface area contributed by atoms with Crippen LogP contribution < -0.4 is 0 Å². The van der Waals surface area contributed by atoms with E-state index in [0.717, 1.165) is 0 Å². The van der Waals surface area contributed by atoms with Crippen LogP contribution in [0, 0.1) is 12.7 Å². The lowest BCUT2D eigenvalue weighted by Gasteiger charge is -2.02. The van der Waals surface area contributed by atoms with E-state index in [4.69, 9.17) is 11.6 Å². The lowest BCUT2D eigenvalue weighted by molar-refractivity contribution is 0.101. The summed E-state index contributed by atoms with van der Waals surface area (Å²) in [6.45, 7) is 3.12. The van der Waals surface area contributed by atoms with Gasteiger partial charge in [-0.25, -0.2) is 4.39 Å². The van der Waals surface area contributed by atoms with Crippen LogP contribution in [0.4, 0.5) is 4.39 Å². The number of hydrogen-bond acceptors (Lipinski definition) is 1. The quantitative estimate of drug-likeness (QED) is 0.617. The molecule has 0 radical (unpaired) electrons. The van der Waals surface area contributed by atoms with Gasteiger partial charge in [0.05, 0.1) is 5.02 Å². The van der Waals surface area contributed by atoms with Gasteiger partial charge in [-0.2, -0.15) is 0 Å². The molecular weight excluding hydrogens is 179 g/mol. The van der Waals surface area contributed by atoms with Gasteiger partial charge in [0.2, 0.25) is 0 Å². The Morgan fingerprint density at radius 3 is 2.58 bits per heavy atom. The summed E-state index contributed by atoms with van der Waals surface area (Å²) in [6.07, 6.45) is 0. The third kappa shape index (κ3) is 1.64. The number of Topliss-reactive ketones (excluding diaryl/α,β-unsaturated/α-hetero) is 1. The molecule has 0 aliphatic heterocycles. The van der Waals surface area contributed by atoms with E-state index in [0.29, 0.717) is 11.1 Å². The smallest absolute Gasteiger partial charge is 0.160 e. The Bertz CT molecular complexity index is 334. The van der Waals surface area contributed by atoms with Crippen molar-refractivity contribution in [1.82, 2.24) is 0 Å². The third-order valence-electron chi connectivity index (χ3n) is 1.65. The normalized spacial score (nSPS) is 10.0. The SMILES string of the molecule is CC(=O)c1cc(F)c(Cl)cc1C. The zero-order valence-corrected chi connectivity index (χ0v) is 7.57. The summed E-state index contributed by atoms with van der Waals surface area (Å²) >= 11 is 5.50. The van der Waals surface area contributed by atoms with Gasteiger partial charge >= 0.3 is 0 Å². The maximum atomic E-state index is 12.8. The summed E-state index contributed by atoms with van der Waals surface area (Å²) in [4.78, 5) is 10.9. The van der Waals surface area contributed by atoms with Crippen LogP contribution >= 0.6 is 11.6 Å². The van der Waals surface area contributed by atoms with Crippen molar-refractivity contribution < 1.29 is 9.18 Å². The Kier molecular flexibility index (Phi) is 2.48. The Hall–Kier alpha value is -0.890. The maximum Gasteiger partial charge on any atom is 0.160 e. The number of halogens is 2. The number of carbonyl (C=O) groups is 1. The maximum absolute atomic E-state index is 12.8. The Labute approximate surface area is 75.2 Å². The molecule has 0 heterocycles. The minimum atomic E-state index is -0.549. The van der Waals surface area contributed by atoms with Crippen molar-refractivity contribution in [2.24, 2.45) is 0 Å².